The summed E-state index contributed by atoms with van der Waals surface area (Å²) in [6.45, 7) is 3.34. The minimum Gasteiger partial charge on any atom is -0.469 e. The second-order valence-corrected chi connectivity index (χ2v) is 8.11. The fourth-order valence-electron chi connectivity index (χ4n) is 4.22. The third-order valence-corrected chi connectivity index (χ3v) is 5.95. The van der Waals surface area contributed by atoms with Crippen LogP contribution >= 0.6 is 0 Å². The number of esters is 1. The van der Waals surface area contributed by atoms with Gasteiger partial charge in [-0.2, -0.15) is 0 Å². The first kappa shape index (κ1) is 24.1. The van der Waals surface area contributed by atoms with E-state index < -0.39 is 18.0 Å². The number of aliphatic hydroxyl groups is 2. The molecule has 2 fully saturated rings. The normalized spacial score (nSPS) is 29.2. The van der Waals surface area contributed by atoms with E-state index in [1.807, 2.05) is 24.3 Å². The van der Waals surface area contributed by atoms with Gasteiger partial charge in [-0.05, 0) is 37.7 Å². The smallest absolute Gasteiger partial charge is 0.305 e. The number of hydrogen-bond acceptors (Lipinski definition) is 6. The van der Waals surface area contributed by atoms with Crippen LogP contribution in [0.4, 0.5) is 0 Å². The Kier molecular flexibility index (Phi) is 10.4. The number of methoxy groups -OCH3 is 1. The number of carbonyl (C=O) groups is 1. The van der Waals surface area contributed by atoms with Crippen LogP contribution < -0.4 is 0 Å². The lowest BCUT2D eigenvalue weighted by atomic mass is 9.89. The van der Waals surface area contributed by atoms with E-state index in [4.69, 9.17) is 9.47 Å². The summed E-state index contributed by atoms with van der Waals surface area (Å²) in [7, 11) is 1.40. The summed E-state index contributed by atoms with van der Waals surface area (Å²) in [5.74, 6) is -1.04. The van der Waals surface area contributed by atoms with Crippen molar-refractivity contribution in [2.75, 3.05) is 20.3 Å². The third kappa shape index (κ3) is 7.52. The molecule has 1 heterocycles. The van der Waals surface area contributed by atoms with E-state index in [1.165, 1.54) is 7.11 Å². The summed E-state index contributed by atoms with van der Waals surface area (Å²) in [5, 5.41) is 20.9. The van der Waals surface area contributed by atoms with Crippen LogP contribution in [0.2, 0.25) is 0 Å². The Morgan fingerprint density at radius 3 is 2.59 bits per heavy atom. The molecular formula is C23H38O6. The van der Waals surface area contributed by atoms with Gasteiger partial charge >= 0.3 is 5.97 Å². The molecule has 4 atom stereocenters. The van der Waals surface area contributed by atoms with E-state index in [-0.39, 0.29) is 17.8 Å². The van der Waals surface area contributed by atoms with Gasteiger partial charge < -0.3 is 24.4 Å². The highest BCUT2D eigenvalue weighted by atomic mass is 16.7. The van der Waals surface area contributed by atoms with Crippen molar-refractivity contribution >= 4 is 5.97 Å². The zero-order valence-corrected chi connectivity index (χ0v) is 17.9. The highest BCUT2D eigenvalue weighted by Gasteiger charge is 2.41. The Labute approximate surface area is 174 Å². The molecule has 2 N–H and O–H groups in total. The Bertz CT molecular complexity index is 537. The van der Waals surface area contributed by atoms with Gasteiger partial charge in [0.05, 0.1) is 32.5 Å². The molecule has 2 aliphatic rings. The molecule has 6 heteroatoms. The Morgan fingerprint density at radius 1 is 1.14 bits per heavy atom. The molecule has 0 bridgehead atoms. The second kappa shape index (κ2) is 12.5. The molecule has 0 aromatic heterocycles. The monoisotopic (exact) mass is 410 g/mol. The van der Waals surface area contributed by atoms with E-state index in [0.29, 0.717) is 32.5 Å². The summed E-state index contributed by atoms with van der Waals surface area (Å²) in [4.78, 5) is 11.1. The highest BCUT2D eigenvalue weighted by molar-refractivity contribution is 5.69. The number of rotatable bonds is 12. The van der Waals surface area contributed by atoms with E-state index in [1.54, 1.807) is 0 Å². The van der Waals surface area contributed by atoms with Crippen molar-refractivity contribution in [3.05, 3.63) is 24.3 Å². The molecule has 2 rings (SSSR count). The summed E-state index contributed by atoms with van der Waals surface area (Å²) < 4.78 is 16.4. The average molecular weight is 411 g/mol. The van der Waals surface area contributed by atoms with Crippen LogP contribution in [-0.4, -0.2) is 54.5 Å². The summed E-state index contributed by atoms with van der Waals surface area (Å²) in [6.07, 6.45) is 14.1. The number of unbranched alkanes of at least 4 members (excludes halogenated alkanes) is 3. The van der Waals surface area contributed by atoms with Gasteiger partial charge in [-0.15, -0.1) is 0 Å². The van der Waals surface area contributed by atoms with Gasteiger partial charge in [0.1, 0.15) is 0 Å². The Morgan fingerprint density at radius 2 is 1.90 bits per heavy atom. The van der Waals surface area contributed by atoms with Crippen molar-refractivity contribution in [3.8, 4) is 0 Å². The molecule has 0 aromatic carbocycles. The SMILES string of the molecule is CCCCCC1(/C=C/[C@@H]2[C@@H](C/C=C\CCCC(=O)OC)[C@@H](O)C[C@H]2O)OCCO1. The Hall–Kier alpha value is -1.21. The van der Waals surface area contributed by atoms with Crippen molar-refractivity contribution in [2.24, 2.45) is 11.8 Å². The quantitative estimate of drug-likeness (QED) is 0.291. The molecule has 0 spiro atoms. The van der Waals surface area contributed by atoms with Crippen LogP contribution in [0.3, 0.4) is 0 Å². The fourth-order valence-corrected chi connectivity index (χ4v) is 4.22. The lowest BCUT2D eigenvalue weighted by molar-refractivity contribution is -0.140. The maximum atomic E-state index is 11.1. The van der Waals surface area contributed by atoms with Crippen LogP contribution in [0.1, 0.15) is 64.7 Å². The van der Waals surface area contributed by atoms with Crippen LogP contribution in [0.25, 0.3) is 0 Å². The summed E-state index contributed by atoms with van der Waals surface area (Å²) >= 11 is 0. The lowest BCUT2D eigenvalue weighted by Crippen LogP contribution is -2.28. The van der Waals surface area contributed by atoms with Crippen molar-refractivity contribution in [1.29, 1.82) is 0 Å². The topological polar surface area (TPSA) is 85.2 Å². The van der Waals surface area contributed by atoms with Gasteiger partial charge in [0.25, 0.3) is 0 Å². The zero-order chi connectivity index (χ0) is 21.1. The molecule has 166 valence electrons. The lowest BCUT2D eigenvalue weighted by Gasteiger charge is -2.26. The number of carbonyl (C=O) groups excluding carboxylic acids is 1. The predicted molar refractivity (Wildman–Crippen MR) is 111 cm³/mol. The van der Waals surface area contributed by atoms with E-state index >= 15 is 0 Å². The first-order valence-corrected chi connectivity index (χ1v) is 11.1. The molecule has 0 radical (unpaired) electrons. The Balaban J connectivity index is 1.90. The van der Waals surface area contributed by atoms with Gasteiger partial charge in [-0.3, -0.25) is 4.79 Å². The molecule has 1 saturated heterocycles. The minimum absolute atomic E-state index is 0.0350. The van der Waals surface area contributed by atoms with Gasteiger partial charge in [-0.1, -0.05) is 38.0 Å². The fraction of sp³-hybridized carbons (Fsp3) is 0.783. The third-order valence-electron chi connectivity index (χ3n) is 5.95. The van der Waals surface area contributed by atoms with Crippen molar-refractivity contribution < 1.29 is 29.2 Å². The second-order valence-electron chi connectivity index (χ2n) is 8.11. The van der Waals surface area contributed by atoms with Crippen LogP contribution in [0.5, 0.6) is 0 Å². The van der Waals surface area contributed by atoms with E-state index in [2.05, 4.69) is 11.7 Å². The van der Waals surface area contributed by atoms with Gasteiger partial charge in [-0.25, -0.2) is 0 Å². The number of hydrogen-bond donors (Lipinski definition) is 2. The molecule has 1 aliphatic heterocycles. The van der Waals surface area contributed by atoms with Gasteiger partial charge in [0, 0.05) is 25.2 Å². The summed E-state index contributed by atoms with van der Waals surface area (Å²) in [6, 6.07) is 0. The first-order chi connectivity index (χ1) is 14.0. The molecular weight excluding hydrogens is 372 g/mol. The molecule has 1 saturated carbocycles. The summed E-state index contributed by atoms with van der Waals surface area (Å²) in [5.41, 5.74) is 0. The average Bonchev–Trinajstić information content (AvgIpc) is 3.27. The number of ether oxygens (including phenoxy) is 3. The number of allylic oxidation sites excluding steroid dienone is 2. The van der Waals surface area contributed by atoms with Crippen LogP contribution in [0.15, 0.2) is 24.3 Å². The highest BCUT2D eigenvalue weighted by Crippen LogP contribution is 2.38. The van der Waals surface area contributed by atoms with Gasteiger partial charge in [0.15, 0.2) is 5.79 Å². The van der Waals surface area contributed by atoms with Crippen molar-refractivity contribution in [3.63, 3.8) is 0 Å². The minimum atomic E-state index is -0.684. The van der Waals surface area contributed by atoms with Crippen molar-refractivity contribution in [2.45, 2.75) is 82.7 Å². The van der Waals surface area contributed by atoms with Crippen LogP contribution in [-0.2, 0) is 19.0 Å². The van der Waals surface area contributed by atoms with Gasteiger partial charge in [0.2, 0.25) is 0 Å². The predicted octanol–water partition coefficient (Wildman–Crippen LogP) is 3.51. The van der Waals surface area contributed by atoms with Crippen molar-refractivity contribution in [1.82, 2.24) is 0 Å². The van der Waals surface area contributed by atoms with Crippen LogP contribution in [0, 0.1) is 11.8 Å². The molecule has 0 amide bonds. The maximum absolute atomic E-state index is 11.1. The molecule has 0 unspecified atom stereocenters. The van der Waals surface area contributed by atoms with E-state index in [0.717, 1.165) is 38.5 Å². The number of aliphatic hydroxyl groups excluding tert-OH is 2. The molecule has 0 aromatic rings. The largest absolute Gasteiger partial charge is 0.469 e. The molecule has 1 aliphatic carbocycles. The van der Waals surface area contributed by atoms with E-state index in [9.17, 15) is 15.0 Å². The standard InChI is InChI=1S/C23H38O6/c1-3-4-9-13-23(28-15-16-29-23)14-12-19-18(20(24)17-21(19)25)10-7-5-6-8-11-22(26)27-2/h5,7,12,14,18-21,24-25H,3-4,6,8-11,13,15-17H2,1-2H3/b7-5-,14-12+/t18-,19-,20+,21-/m1/s1. The zero-order valence-electron chi connectivity index (χ0n) is 17.9. The molecule has 6 nitrogen and oxygen atoms in total. The first-order valence-electron chi connectivity index (χ1n) is 11.1. The molecule has 29 heavy (non-hydrogen) atoms. The maximum Gasteiger partial charge on any atom is 0.305 e.